The average Bonchev–Trinajstić information content (AvgIpc) is 3.26. The van der Waals surface area contributed by atoms with Crippen molar-refractivity contribution in [1.82, 2.24) is 0 Å². The summed E-state index contributed by atoms with van der Waals surface area (Å²) in [5, 5.41) is 9.71. The fourth-order valence-electron chi connectivity index (χ4n) is 6.66. The molecule has 2 aromatic carbocycles. The summed E-state index contributed by atoms with van der Waals surface area (Å²) in [7, 11) is -3.23. The predicted molar refractivity (Wildman–Crippen MR) is 148 cm³/mol. The van der Waals surface area contributed by atoms with E-state index in [1.807, 2.05) is 54.3 Å². The van der Waals surface area contributed by atoms with Gasteiger partial charge in [0.15, 0.2) is 5.60 Å². The van der Waals surface area contributed by atoms with Gasteiger partial charge in [-0.15, -0.1) is 0 Å². The standard InChI is InChI=1S/C28H34BrFN2O4Si/c1-18-26(37(2,3)30)24(12-14-33)36-28(18)22-16-20(29)10-11-23(22)32(27(28)35)17-19-7-6-8-21(15-19)31-13-5-4-9-25(31)34/h6-8,10-11,15-16,18,24,26,33H,4-5,9,12-14,17H2,1-3H3/t18-,24+,26-,28+/m0/s1. The molecule has 6 nitrogen and oxygen atoms in total. The second kappa shape index (κ2) is 9.91. The molecule has 2 fully saturated rings. The fourth-order valence-corrected chi connectivity index (χ4v) is 9.56. The van der Waals surface area contributed by atoms with Gasteiger partial charge < -0.3 is 23.8 Å². The molecule has 2 saturated heterocycles. The quantitative estimate of drug-likeness (QED) is 0.348. The highest BCUT2D eigenvalue weighted by molar-refractivity contribution is 9.10. The molecular formula is C28H34BrFN2O4Si. The third kappa shape index (κ3) is 4.47. The molecular weight excluding hydrogens is 555 g/mol. The first-order valence-corrected chi connectivity index (χ1v) is 16.8. The molecule has 5 rings (SSSR count). The molecule has 9 heteroatoms. The van der Waals surface area contributed by atoms with E-state index >= 15 is 4.11 Å². The van der Waals surface area contributed by atoms with Crippen molar-refractivity contribution in [1.29, 1.82) is 0 Å². The Morgan fingerprint density at radius 1 is 1.19 bits per heavy atom. The van der Waals surface area contributed by atoms with Crippen LogP contribution >= 0.6 is 15.9 Å². The van der Waals surface area contributed by atoms with Gasteiger partial charge in [0.2, 0.25) is 14.3 Å². The van der Waals surface area contributed by atoms with Gasteiger partial charge >= 0.3 is 0 Å². The summed E-state index contributed by atoms with van der Waals surface area (Å²) in [5.74, 6) is -0.461. The number of rotatable bonds is 6. The van der Waals surface area contributed by atoms with Gasteiger partial charge in [-0.25, -0.2) is 0 Å². The van der Waals surface area contributed by atoms with Crippen LogP contribution in [0.1, 0.15) is 43.7 Å². The molecule has 0 aromatic heterocycles. The largest absolute Gasteiger partial charge is 0.396 e. The summed E-state index contributed by atoms with van der Waals surface area (Å²) >= 11 is 3.55. The third-order valence-corrected chi connectivity index (χ3v) is 11.2. The van der Waals surface area contributed by atoms with Crippen molar-refractivity contribution in [2.45, 2.75) is 69.5 Å². The van der Waals surface area contributed by atoms with Gasteiger partial charge in [-0.1, -0.05) is 35.0 Å². The van der Waals surface area contributed by atoms with E-state index in [-0.39, 0.29) is 18.4 Å². The van der Waals surface area contributed by atoms with E-state index in [4.69, 9.17) is 4.74 Å². The molecule has 37 heavy (non-hydrogen) atoms. The number of piperidine rings is 1. The number of amides is 2. The zero-order valence-corrected chi connectivity index (χ0v) is 24.1. The molecule has 1 N–H and O–H groups in total. The SMILES string of the molecule is C[C@H]1[C@H]([Si](C)(C)F)[C@@H](CCO)O[C@]12C(=O)N(Cc1cccc(N3CCCCC3=O)c1)c1ccc(Br)cc12. The van der Waals surface area contributed by atoms with E-state index in [0.717, 1.165) is 39.8 Å². The number of halogens is 2. The number of ether oxygens (including phenoxy) is 1. The topological polar surface area (TPSA) is 70.1 Å². The average molecular weight is 590 g/mol. The Bertz CT molecular complexity index is 1220. The van der Waals surface area contributed by atoms with Gasteiger partial charge in [0, 0.05) is 46.8 Å². The summed E-state index contributed by atoms with van der Waals surface area (Å²) < 4.78 is 23.0. The molecule has 0 aliphatic carbocycles. The highest BCUT2D eigenvalue weighted by Crippen LogP contribution is 2.60. The number of benzene rings is 2. The molecule has 198 valence electrons. The molecule has 3 heterocycles. The van der Waals surface area contributed by atoms with Crippen LogP contribution in [-0.4, -0.2) is 44.6 Å². The maximum atomic E-state index is 15.6. The van der Waals surface area contributed by atoms with E-state index in [1.54, 1.807) is 18.0 Å². The lowest BCUT2D eigenvalue weighted by atomic mass is 9.82. The summed E-state index contributed by atoms with van der Waals surface area (Å²) in [4.78, 5) is 30.4. The highest BCUT2D eigenvalue weighted by atomic mass is 79.9. The van der Waals surface area contributed by atoms with Gasteiger partial charge in [-0.2, -0.15) is 0 Å². The molecule has 0 radical (unpaired) electrons. The van der Waals surface area contributed by atoms with Crippen LogP contribution in [0.15, 0.2) is 46.9 Å². The lowest BCUT2D eigenvalue weighted by Crippen LogP contribution is -2.45. The van der Waals surface area contributed by atoms with Gasteiger partial charge in [-0.3, -0.25) is 9.59 Å². The lowest BCUT2D eigenvalue weighted by Gasteiger charge is -2.31. The minimum atomic E-state index is -3.23. The molecule has 0 saturated carbocycles. The lowest BCUT2D eigenvalue weighted by molar-refractivity contribution is -0.146. The van der Waals surface area contributed by atoms with Gasteiger partial charge in [-0.05, 0) is 68.3 Å². The van der Waals surface area contributed by atoms with Gasteiger partial charge in [0.05, 0.1) is 18.3 Å². The second-order valence-electron chi connectivity index (χ2n) is 11.0. The van der Waals surface area contributed by atoms with E-state index in [9.17, 15) is 14.7 Å². The maximum absolute atomic E-state index is 15.6. The number of aliphatic hydroxyl groups excluding tert-OH is 1. The molecule has 2 amide bonds. The minimum Gasteiger partial charge on any atom is -0.396 e. The van der Waals surface area contributed by atoms with Gasteiger partial charge in [0.25, 0.3) is 5.91 Å². The Labute approximate surface area is 227 Å². The number of nitrogens with zero attached hydrogens (tertiary/aromatic N) is 2. The van der Waals surface area contributed by atoms with Crippen LogP contribution in [0.2, 0.25) is 18.6 Å². The molecule has 3 aliphatic heterocycles. The molecule has 0 bridgehead atoms. The third-order valence-electron chi connectivity index (χ3n) is 8.22. The first kappa shape index (κ1) is 26.5. The number of fused-ring (bicyclic) bond motifs is 2. The van der Waals surface area contributed by atoms with Crippen molar-refractivity contribution in [2.24, 2.45) is 5.92 Å². The Hall–Kier alpha value is -2.07. The van der Waals surface area contributed by atoms with E-state index in [2.05, 4.69) is 15.9 Å². The highest BCUT2D eigenvalue weighted by Gasteiger charge is 2.66. The normalized spacial score (nSPS) is 27.9. The van der Waals surface area contributed by atoms with Crippen LogP contribution in [-0.2, 0) is 26.5 Å². The van der Waals surface area contributed by atoms with Crippen LogP contribution in [0.25, 0.3) is 0 Å². The van der Waals surface area contributed by atoms with Crippen LogP contribution in [0.5, 0.6) is 0 Å². The Kier molecular flexibility index (Phi) is 7.11. The number of hydrogen-bond acceptors (Lipinski definition) is 4. The van der Waals surface area contributed by atoms with E-state index < -0.39 is 31.6 Å². The monoisotopic (exact) mass is 588 g/mol. The zero-order valence-electron chi connectivity index (χ0n) is 21.5. The fraction of sp³-hybridized carbons (Fsp3) is 0.500. The van der Waals surface area contributed by atoms with Crippen LogP contribution < -0.4 is 9.80 Å². The number of carbonyl (C=O) groups excluding carboxylic acids is 2. The first-order valence-electron chi connectivity index (χ1n) is 13.1. The summed E-state index contributed by atoms with van der Waals surface area (Å²) in [6.45, 7) is 6.13. The predicted octanol–water partition coefficient (Wildman–Crippen LogP) is 5.67. The number of anilines is 2. The first-order chi connectivity index (χ1) is 17.6. The Morgan fingerprint density at radius 2 is 1.97 bits per heavy atom. The number of carbonyl (C=O) groups is 2. The van der Waals surface area contributed by atoms with Crippen molar-refractivity contribution in [3.05, 3.63) is 58.1 Å². The van der Waals surface area contributed by atoms with Crippen LogP contribution in [0, 0.1) is 5.92 Å². The van der Waals surface area contributed by atoms with Crippen LogP contribution in [0.4, 0.5) is 15.5 Å². The smallest absolute Gasteiger partial charge is 0.264 e. The van der Waals surface area contributed by atoms with Gasteiger partial charge in [0.1, 0.15) is 0 Å². The summed E-state index contributed by atoms with van der Waals surface area (Å²) in [6.07, 6.45) is 2.21. The molecule has 3 aliphatic rings. The molecule has 4 atom stereocenters. The van der Waals surface area contributed by atoms with Crippen molar-refractivity contribution < 1.29 is 23.5 Å². The minimum absolute atomic E-state index is 0.125. The Balaban J connectivity index is 1.53. The molecule has 1 spiro atoms. The summed E-state index contributed by atoms with van der Waals surface area (Å²) in [5.41, 5.74) is 1.51. The van der Waals surface area contributed by atoms with Crippen molar-refractivity contribution in [3.8, 4) is 0 Å². The second-order valence-corrected chi connectivity index (χ2v) is 15.7. The van der Waals surface area contributed by atoms with Crippen LogP contribution in [0.3, 0.4) is 0 Å². The zero-order chi connectivity index (χ0) is 26.5. The van der Waals surface area contributed by atoms with Crippen molar-refractivity contribution >= 4 is 47.5 Å². The van der Waals surface area contributed by atoms with E-state index in [0.29, 0.717) is 25.9 Å². The van der Waals surface area contributed by atoms with Crippen molar-refractivity contribution in [3.63, 3.8) is 0 Å². The van der Waals surface area contributed by atoms with Crippen molar-refractivity contribution in [2.75, 3.05) is 23.0 Å². The molecule has 2 aromatic rings. The number of hydrogen-bond donors (Lipinski definition) is 1. The Morgan fingerprint density at radius 3 is 2.68 bits per heavy atom. The molecule has 0 unspecified atom stereocenters. The summed E-state index contributed by atoms with van der Waals surface area (Å²) in [6, 6.07) is 13.5. The number of aliphatic hydroxyl groups is 1. The maximum Gasteiger partial charge on any atom is 0.264 e. The van der Waals surface area contributed by atoms with E-state index in [1.165, 1.54) is 0 Å².